The maximum Gasteiger partial charge on any atom is 0.160 e. The molecule has 4 aromatic carbocycles. The summed E-state index contributed by atoms with van der Waals surface area (Å²) in [6.07, 6.45) is 0.649. The Labute approximate surface area is 275 Å². The molecule has 2 heterocycles. The molecule has 0 aromatic heterocycles. The average molecular weight is 633 g/mol. The molecule has 1 fully saturated rings. The molecule has 47 heavy (non-hydrogen) atoms. The van der Waals surface area contributed by atoms with Crippen LogP contribution < -0.4 is 4.74 Å². The third kappa shape index (κ3) is 5.05. The Bertz CT molecular complexity index is 1940. The van der Waals surface area contributed by atoms with Crippen LogP contribution in [-0.4, -0.2) is 27.5 Å². The van der Waals surface area contributed by atoms with Gasteiger partial charge in [0, 0.05) is 5.41 Å². The van der Waals surface area contributed by atoms with Crippen molar-refractivity contribution < 1.29 is 34.6 Å². The molecule has 7 rings (SSSR count). The normalized spacial score (nSPS) is 25.4. The topological polar surface area (TPSA) is 109 Å². The molecule has 2 aliphatic heterocycles. The number of hydrogen-bond acceptors (Lipinski definition) is 7. The second kappa shape index (κ2) is 11.5. The fraction of sp³-hybridized carbons (Fsp3) is 0.300. The van der Waals surface area contributed by atoms with Crippen LogP contribution in [0.5, 0.6) is 28.7 Å². The Balaban J connectivity index is 1.37. The van der Waals surface area contributed by atoms with Gasteiger partial charge in [0.05, 0.1) is 13.2 Å². The van der Waals surface area contributed by atoms with E-state index < -0.39 is 17.6 Å². The van der Waals surface area contributed by atoms with Crippen molar-refractivity contribution in [2.24, 2.45) is 5.41 Å². The van der Waals surface area contributed by atoms with Crippen molar-refractivity contribution in [3.05, 3.63) is 135 Å². The van der Waals surface area contributed by atoms with Crippen LogP contribution >= 0.6 is 0 Å². The summed E-state index contributed by atoms with van der Waals surface area (Å²) in [5.74, 6) is 1.14. The second-order valence-electron chi connectivity index (χ2n) is 13.3. The van der Waals surface area contributed by atoms with E-state index in [0.29, 0.717) is 12.2 Å². The smallest absolute Gasteiger partial charge is 0.160 e. The summed E-state index contributed by atoms with van der Waals surface area (Å²) in [4.78, 5) is 0. The van der Waals surface area contributed by atoms with Crippen molar-refractivity contribution in [1.29, 1.82) is 0 Å². The number of rotatable bonds is 5. The number of benzene rings is 4. The lowest BCUT2D eigenvalue weighted by molar-refractivity contribution is 0.00325. The summed E-state index contributed by atoms with van der Waals surface area (Å²) in [5.41, 5.74) is 8.88. The first kappa shape index (κ1) is 30.9. The van der Waals surface area contributed by atoms with Crippen molar-refractivity contribution in [1.82, 2.24) is 0 Å². The Morgan fingerprint density at radius 2 is 1.13 bits per heavy atom. The maximum atomic E-state index is 10.4. The first-order valence-electron chi connectivity index (χ1n) is 16.0. The third-order valence-corrected chi connectivity index (χ3v) is 10.5. The van der Waals surface area contributed by atoms with Crippen molar-refractivity contribution in [2.45, 2.75) is 64.4 Å². The van der Waals surface area contributed by atoms with E-state index in [1.807, 2.05) is 69.3 Å². The molecular formula is C40H40O7. The quantitative estimate of drug-likeness (QED) is 0.163. The van der Waals surface area contributed by atoms with Gasteiger partial charge in [0.15, 0.2) is 11.5 Å². The molecule has 3 aliphatic rings. The molecule has 4 aromatic rings. The van der Waals surface area contributed by atoms with Crippen LogP contribution in [0.15, 0.2) is 96.1 Å². The van der Waals surface area contributed by atoms with Gasteiger partial charge in [-0.3, -0.25) is 0 Å². The lowest BCUT2D eigenvalue weighted by Crippen LogP contribution is -2.31. The number of ether oxygens (including phenoxy) is 3. The first-order chi connectivity index (χ1) is 22.5. The molecule has 242 valence electrons. The van der Waals surface area contributed by atoms with Crippen LogP contribution in [0.3, 0.4) is 0 Å². The predicted molar refractivity (Wildman–Crippen MR) is 179 cm³/mol. The van der Waals surface area contributed by atoms with Gasteiger partial charge in [-0.1, -0.05) is 30.8 Å². The van der Waals surface area contributed by atoms with E-state index in [1.54, 1.807) is 24.3 Å². The van der Waals surface area contributed by atoms with Gasteiger partial charge in [-0.15, -0.1) is 0 Å². The van der Waals surface area contributed by atoms with E-state index in [9.17, 15) is 20.4 Å². The fourth-order valence-corrected chi connectivity index (χ4v) is 7.82. The van der Waals surface area contributed by atoms with E-state index in [0.717, 1.165) is 62.9 Å². The monoisotopic (exact) mass is 632 g/mol. The Kier molecular flexibility index (Phi) is 7.57. The highest BCUT2D eigenvalue weighted by Crippen LogP contribution is 2.67. The highest BCUT2D eigenvalue weighted by atomic mass is 16.5. The predicted octanol–water partition coefficient (Wildman–Crippen LogP) is 8.79. The summed E-state index contributed by atoms with van der Waals surface area (Å²) in [6, 6.07) is 22.2. The first-order valence-corrected chi connectivity index (χ1v) is 16.0. The van der Waals surface area contributed by atoms with Gasteiger partial charge in [0.2, 0.25) is 0 Å². The molecule has 4 N–H and O–H groups in total. The van der Waals surface area contributed by atoms with Gasteiger partial charge in [0.25, 0.3) is 0 Å². The fourth-order valence-electron chi connectivity index (χ4n) is 7.82. The van der Waals surface area contributed by atoms with Crippen LogP contribution in [-0.2, 0) is 9.47 Å². The van der Waals surface area contributed by atoms with E-state index in [2.05, 4.69) is 0 Å². The lowest BCUT2D eigenvalue weighted by Gasteiger charge is -2.40. The van der Waals surface area contributed by atoms with Gasteiger partial charge in [-0.05, 0) is 144 Å². The van der Waals surface area contributed by atoms with Crippen molar-refractivity contribution in [3.63, 3.8) is 0 Å². The lowest BCUT2D eigenvalue weighted by atomic mass is 9.62. The van der Waals surface area contributed by atoms with Gasteiger partial charge >= 0.3 is 0 Å². The van der Waals surface area contributed by atoms with Gasteiger partial charge in [-0.2, -0.15) is 0 Å². The van der Waals surface area contributed by atoms with Crippen molar-refractivity contribution >= 4 is 0 Å². The zero-order chi connectivity index (χ0) is 33.2. The van der Waals surface area contributed by atoms with Crippen LogP contribution in [0.1, 0.15) is 82.6 Å². The number of phenols is 4. The zero-order valence-electron chi connectivity index (χ0n) is 27.1. The molecule has 0 bridgehead atoms. The van der Waals surface area contributed by atoms with E-state index in [1.165, 1.54) is 12.7 Å². The number of aromatic hydroxyl groups is 4. The highest BCUT2D eigenvalue weighted by molar-refractivity contribution is 5.51. The molecule has 0 saturated carbocycles. The van der Waals surface area contributed by atoms with Gasteiger partial charge in [0.1, 0.15) is 35.6 Å². The minimum Gasteiger partial charge on any atom is -0.508 e. The molecule has 0 unspecified atom stereocenters. The largest absolute Gasteiger partial charge is 0.508 e. The molecule has 7 nitrogen and oxygen atoms in total. The highest BCUT2D eigenvalue weighted by Gasteiger charge is 2.56. The van der Waals surface area contributed by atoms with Crippen LogP contribution in [0.2, 0.25) is 0 Å². The van der Waals surface area contributed by atoms with Gasteiger partial charge < -0.3 is 34.6 Å². The minimum atomic E-state index is -0.499. The van der Waals surface area contributed by atoms with Gasteiger partial charge in [-0.25, -0.2) is 0 Å². The Hall–Kier alpha value is -4.72. The third-order valence-electron chi connectivity index (χ3n) is 10.5. The SMILES string of the molecule is C=C1[C@@H](c2ccc(O)c(C)c2)O[C@@H](c2ccc(O)c(C)c2)[C@@]12CCC1=C(C2)[C@@H](c2ccc(O)c(OC)c2)O[C@H]1c1ccc(O)c(C)c1. The summed E-state index contributed by atoms with van der Waals surface area (Å²) in [7, 11) is 1.53. The summed E-state index contributed by atoms with van der Waals surface area (Å²) >= 11 is 0. The molecule has 1 spiro atoms. The summed E-state index contributed by atoms with van der Waals surface area (Å²) < 4.78 is 19.4. The molecule has 5 atom stereocenters. The number of methoxy groups -OCH3 is 1. The number of phenolic OH excluding ortho intramolecular Hbond substituents is 4. The molecule has 0 amide bonds. The Morgan fingerprint density at radius 1 is 0.638 bits per heavy atom. The number of aryl methyl sites for hydroxylation is 3. The standard InChI is InChI=1S/C40H40O7/c1-21-16-25(6-10-31(21)41)36-24(4)40(39(47-36)28-9-12-33(43)23(3)18-28)15-14-29-30(20-40)38(27-8-13-34(44)35(19-27)45-5)46-37(29)26-7-11-32(42)22(2)17-26/h6-13,16-19,36-39,41-44H,4,14-15,20H2,1-3,5H3/t36-,37-,38+,39-,40+/m0/s1. The molecule has 0 radical (unpaired) electrons. The van der Waals surface area contributed by atoms with Crippen LogP contribution in [0.4, 0.5) is 0 Å². The summed E-state index contributed by atoms with van der Waals surface area (Å²) in [5, 5.41) is 41.4. The van der Waals surface area contributed by atoms with Crippen molar-refractivity contribution in [2.75, 3.05) is 7.11 Å². The molecule has 7 heteroatoms. The van der Waals surface area contributed by atoms with E-state index in [-0.39, 0.29) is 35.2 Å². The maximum absolute atomic E-state index is 10.4. The van der Waals surface area contributed by atoms with E-state index in [4.69, 9.17) is 20.8 Å². The number of hydrogen-bond donors (Lipinski definition) is 4. The zero-order valence-corrected chi connectivity index (χ0v) is 27.1. The van der Waals surface area contributed by atoms with E-state index >= 15 is 0 Å². The minimum absolute atomic E-state index is 0.0571. The Morgan fingerprint density at radius 3 is 1.70 bits per heavy atom. The molecular weight excluding hydrogens is 592 g/mol. The molecule has 1 aliphatic carbocycles. The summed E-state index contributed by atoms with van der Waals surface area (Å²) in [6.45, 7) is 10.4. The van der Waals surface area contributed by atoms with Crippen LogP contribution in [0, 0.1) is 26.2 Å². The average Bonchev–Trinajstić information content (AvgIpc) is 3.56. The second-order valence-corrected chi connectivity index (χ2v) is 13.3. The van der Waals surface area contributed by atoms with Crippen molar-refractivity contribution in [3.8, 4) is 28.7 Å². The van der Waals surface area contributed by atoms with Crippen LogP contribution in [0.25, 0.3) is 0 Å². The molecule has 1 saturated heterocycles.